The molecule has 0 bridgehead atoms. The first-order valence-electron chi connectivity index (χ1n) is 5.24. The number of methoxy groups -OCH3 is 1. The fraction of sp³-hybridized carbons (Fsp3) is 0.636. The molecule has 0 aliphatic rings. The Morgan fingerprint density at radius 2 is 2.31 bits per heavy atom. The van der Waals surface area contributed by atoms with E-state index in [0.29, 0.717) is 6.42 Å². The third-order valence-corrected chi connectivity index (χ3v) is 2.21. The standard InChI is InChI=1S/C11H21N3O2/c1-6-10(14(4)12-3)7-8-11(16-5)13-9(2)15/h7,11H,3,6,8H2,1-2,4-5H3,(H,13,15)/b10-7+. The first-order valence-corrected chi connectivity index (χ1v) is 5.24. The van der Waals surface area contributed by atoms with Gasteiger partial charge in [-0.1, -0.05) is 13.0 Å². The van der Waals surface area contributed by atoms with E-state index in [0.717, 1.165) is 12.1 Å². The first kappa shape index (κ1) is 14.6. The number of rotatable bonds is 7. The van der Waals surface area contributed by atoms with Gasteiger partial charge in [-0.15, -0.1) is 0 Å². The fourth-order valence-electron chi connectivity index (χ4n) is 1.28. The van der Waals surface area contributed by atoms with Crippen LogP contribution in [0.15, 0.2) is 16.9 Å². The maximum Gasteiger partial charge on any atom is 0.218 e. The average molecular weight is 227 g/mol. The lowest BCUT2D eigenvalue weighted by molar-refractivity contribution is -0.122. The zero-order chi connectivity index (χ0) is 12.6. The van der Waals surface area contributed by atoms with E-state index in [-0.39, 0.29) is 12.1 Å². The van der Waals surface area contributed by atoms with Crippen LogP contribution in [-0.2, 0) is 9.53 Å². The zero-order valence-corrected chi connectivity index (χ0v) is 10.5. The molecule has 1 amide bonds. The van der Waals surface area contributed by atoms with Crippen LogP contribution < -0.4 is 5.32 Å². The molecule has 1 atom stereocenters. The van der Waals surface area contributed by atoms with Crippen molar-refractivity contribution in [2.75, 3.05) is 14.2 Å². The van der Waals surface area contributed by atoms with E-state index in [1.165, 1.54) is 6.92 Å². The Hall–Kier alpha value is -1.36. The molecular weight excluding hydrogens is 206 g/mol. The SMILES string of the molecule is C=NN(C)/C(=C/CC(NC(C)=O)OC)CC. The van der Waals surface area contributed by atoms with Crippen LogP contribution in [0.25, 0.3) is 0 Å². The van der Waals surface area contributed by atoms with E-state index >= 15 is 0 Å². The quantitative estimate of drug-likeness (QED) is 0.405. The highest BCUT2D eigenvalue weighted by molar-refractivity contribution is 5.73. The van der Waals surface area contributed by atoms with Crippen molar-refractivity contribution in [1.29, 1.82) is 0 Å². The summed E-state index contributed by atoms with van der Waals surface area (Å²) in [6.07, 6.45) is 3.15. The normalized spacial score (nSPS) is 13.1. The van der Waals surface area contributed by atoms with E-state index < -0.39 is 0 Å². The van der Waals surface area contributed by atoms with Crippen molar-refractivity contribution in [2.24, 2.45) is 5.10 Å². The molecule has 0 aromatic rings. The maximum atomic E-state index is 10.9. The Labute approximate surface area is 97.1 Å². The number of hydrogen-bond acceptors (Lipinski definition) is 4. The maximum absolute atomic E-state index is 10.9. The van der Waals surface area contributed by atoms with E-state index in [9.17, 15) is 4.79 Å². The molecule has 0 radical (unpaired) electrons. The second-order valence-corrected chi connectivity index (χ2v) is 3.37. The van der Waals surface area contributed by atoms with Crippen LogP contribution in [0.3, 0.4) is 0 Å². The summed E-state index contributed by atoms with van der Waals surface area (Å²) >= 11 is 0. The smallest absolute Gasteiger partial charge is 0.218 e. The lowest BCUT2D eigenvalue weighted by Gasteiger charge is -2.18. The summed E-state index contributed by atoms with van der Waals surface area (Å²) in [7, 11) is 3.40. The van der Waals surface area contributed by atoms with Crippen molar-refractivity contribution in [3.05, 3.63) is 11.8 Å². The molecule has 0 saturated heterocycles. The summed E-state index contributed by atoms with van der Waals surface area (Å²) in [5.41, 5.74) is 1.04. The van der Waals surface area contributed by atoms with Crippen LogP contribution >= 0.6 is 0 Å². The van der Waals surface area contributed by atoms with E-state index in [2.05, 4.69) is 17.1 Å². The minimum atomic E-state index is -0.294. The number of ether oxygens (including phenoxy) is 1. The fourth-order valence-corrected chi connectivity index (χ4v) is 1.28. The van der Waals surface area contributed by atoms with Gasteiger partial charge < -0.3 is 10.1 Å². The Balaban J connectivity index is 4.38. The molecule has 0 aliphatic heterocycles. The topological polar surface area (TPSA) is 53.9 Å². The minimum absolute atomic E-state index is 0.103. The first-order chi connectivity index (χ1) is 7.54. The van der Waals surface area contributed by atoms with Gasteiger partial charge in [0.05, 0.1) is 0 Å². The highest BCUT2D eigenvalue weighted by atomic mass is 16.5. The number of nitrogens with one attached hydrogen (secondary N) is 1. The number of carbonyl (C=O) groups is 1. The van der Waals surface area contributed by atoms with Gasteiger partial charge in [0.1, 0.15) is 6.23 Å². The minimum Gasteiger partial charge on any atom is -0.361 e. The molecule has 0 aromatic heterocycles. The number of allylic oxidation sites excluding steroid dienone is 1. The van der Waals surface area contributed by atoms with Gasteiger partial charge in [-0.3, -0.25) is 9.80 Å². The third-order valence-electron chi connectivity index (χ3n) is 2.21. The molecule has 1 N–H and O–H groups in total. The lowest BCUT2D eigenvalue weighted by atomic mass is 10.2. The number of carbonyl (C=O) groups excluding carboxylic acids is 1. The second-order valence-electron chi connectivity index (χ2n) is 3.37. The zero-order valence-electron chi connectivity index (χ0n) is 10.5. The number of hydrogen-bond donors (Lipinski definition) is 1. The molecule has 0 aliphatic carbocycles. The largest absolute Gasteiger partial charge is 0.361 e. The molecule has 1 unspecified atom stereocenters. The Bertz CT molecular complexity index is 264. The summed E-state index contributed by atoms with van der Waals surface area (Å²) < 4.78 is 5.13. The third kappa shape index (κ3) is 5.50. The van der Waals surface area contributed by atoms with E-state index in [1.807, 2.05) is 20.0 Å². The second kappa shape index (κ2) is 7.87. The Morgan fingerprint density at radius 1 is 1.69 bits per heavy atom. The molecule has 5 nitrogen and oxygen atoms in total. The van der Waals surface area contributed by atoms with Gasteiger partial charge in [0.15, 0.2) is 0 Å². The molecule has 0 fully saturated rings. The van der Waals surface area contributed by atoms with Crippen LogP contribution in [0.5, 0.6) is 0 Å². The van der Waals surface area contributed by atoms with Crippen molar-refractivity contribution in [1.82, 2.24) is 10.3 Å². The number of hydrazone groups is 1. The van der Waals surface area contributed by atoms with Crippen molar-refractivity contribution in [2.45, 2.75) is 32.9 Å². The highest BCUT2D eigenvalue weighted by Gasteiger charge is 2.07. The number of amides is 1. The van der Waals surface area contributed by atoms with E-state index in [1.54, 1.807) is 12.1 Å². The predicted molar refractivity (Wildman–Crippen MR) is 64.9 cm³/mol. The molecular formula is C11H21N3O2. The molecule has 0 heterocycles. The van der Waals surface area contributed by atoms with Crippen molar-refractivity contribution < 1.29 is 9.53 Å². The van der Waals surface area contributed by atoms with Crippen molar-refractivity contribution in [3.63, 3.8) is 0 Å². The van der Waals surface area contributed by atoms with Crippen LogP contribution in [0.1, 0.15) is 26.7 Å². The molecule has 0 saturated carbocycles. The molecule has 16 heavy (non-hydrogen) atoms. The molecule has 0 rings (SSSR count). The summed E-state index contributed by atoms with van der Waals surface area (Å²) in [4.78, 5) is 10.9. The van der Waals surface area contributed by atoms with Gasteiger partial charge in [0.25, 0.3) is 0 Å². The van der Waals surface area contributed by atoms with Gasteiger partial charge >= 0.3 is 0 Å². The summed E-state index contributed by atoms with van der Waals surface area (Å²) in [5, 5.41) is 8.22. The molecule has 0 aromatic carbocycles. The Morgan fingerprint density at radius 3 is 2.69 bits per heavy atom. The van der Waals surface area contributed by atoms with Crippen LogP contribution in [0.2, 0.25) is 0 Å². The van der Waals surface area contributed by atoms with Gasteiger partial charge in [-0.25, -0.2) is 0 Å². The lowest BCUT2D eigenvalue weighted by Crippen LogP contribution is -2.34. The van der Waals surface area contributed by atoms with Crippen molar-refractivity contribution in [3.8, 4) is 0 Å². The molecule has 5 heteroatoms. The highest BCUT2D eigenvalue weighted by Crippen LogP contribution is 2.09. The monoisotopic (exact) mass is 227 g/mol. The van der Waals surface area contributed by atoms with Gasteiger partial charge in [0.2, 0.25) is 5.91 Å². The van der Waals surface area contributed by atoms with Crippen LogP contribution in [0.4, 0.5) is 0 Å². The average Bonchev–Trinajstić information content (AvgIpc) is 2.27. The summed E-state index contributed by atoms with van der Waals surface area (Å²) in [6.45, 7) is 6.96. The van der Waals surface area contributed by atoms with Crippen LogP contribution in [0, 0.1) is 0 Å². The molecule has 92 valence electrons. The molecule has 0 spiro atoms. The number of nitrogens with zero attached hydrogens (tertiary/aromatic N) is 2. The predicted octanol–water partition coefficient (Wildman–Crippen LogP) is 1.33. The van der Waals surface area contributed by atoms with Gasteiger partial charge in [-0.2, -0.15) is 5.10 Å². The Kier molecular flexibility index (Phi) is 7.20. The summed E-state index contributed by atoms with van der Waals surface area (Å²) in [5.74, 6) is -0.103. The van der Waals surface area contributed by atoms with E-state index in [4.69, 9.17) is 4.74 Å². The van der Waals surface area contributed by atoms with Crippen molar-refractivity contribution >= 4 is 12.6 Å². The van der Waals surface area contributed by atoms with Gasteiger partial charge in [-0.05, 0) is 6.42 Å². The van der Waals surface area contributed by atoms with Gasteiger partial charge in [0, 0.05) is 39.9 Å². The van der Waals surface area contributed by atoms with Crippen LogP contribution in [-0.4, -0.2) is 38.0 Å². The summed E-state index contributed by atoms with van der Waals surface area (Å²) in [6, 6.07) is 0.